The highest BCUT2D eigenvalue weighted by Crippen LogP contribution is 2.30. The van der Waals surface area contributed by atoms with Crippen molar-refractivity contribution in [2.75, 3.05) is 33.7 Å². The van der Waals surface area contributed by atoms with E-state index in [4.69, 9.17) is 0 Å². The Labute approximate surface area is 140 Å². The summed E-state index contributed by atoms with van der Waals surface area (Å²) >= 11 is 0. The quantitative estimate of drug-likeness (QED) is 0.723. The number of piperidine rings is 1. The Balaban J connectivity index is 2.24. The Kier molecular flexibility index (Phi) is 6.05. The molecule has 23 heavy (non-hydrogen) atoms. The van der Waals surface area contributed by atoms with Gasteiger partial charge in [0.15, 0.2) is 5.78 Å². The predicted octanol–water partition coefficient (Wildman–Crippen LogP) is 3.21. The third-order valence-electron chi connectivity index (χ3n) is 4.77. The maximum Gasteiger partial charge on any atom is 0.181 e. The highest BCUT2D eigenvalue weighted by molar-refractivity contribution is 5.96. The van der Waals surface area contributed by atoms with Gasteiger partial charge in [-0.1, -0.05) is 20.4 Å². The lowest BCUT2D eigenvalue weighted by Gasteiger charge is -2.32. The predicted molar refractivity (Wildman–Crippen MR) is 95.9 cm³/mol. The molecule has 2 heterocycles. The second-order valence-corrected chi connectivity index (χ2v) is 7.11. The molecule has 0 aliphatic carbocycles. The third kappa shape index (κ3) is 4.25. The number of rotatable bonds is 7. The van der Waals surface area contributed by atoms with Gasteiger partial charge in [0.1, 0.15) is 0 Å². The minimum absolute atomic E-state index is 0.0402. The number of likely N-dealkylation sites (tertiary alicyclic amines) is 1. The normalized spacial score (nSPS) is 16.3. The summed E-state index contributed by atoms with van der Waals surface area (Å²) in [4.78, 5) is 17.0. The van der Waals surface area contributed by atoms with E-state index >= 15 is 0 Å². The van der Waals surface area contributed by atoms with Crippen molar-refractivity contribution >= 4 is 5.78 Å². The number of carbonyl (C=O) groups is 1. The molecule has 128 valence electrons. The molecule has 0 unspecified atom stereocenters. The first-order valence-electron chi connectivity index (χ1n) is 8.69. The van der Waals surface area contributed by atoms with Crippen LogP contribution < -0.4 is 0 Å². The smallest absolute Gasteiger partial charge is 0.181 e. The standard InChI is InChI=1S/C19H31N3O/c1-6-21-11-9-16(10-12-21)17-7-8-18(19(23)15(2)3)22(17)14-13-20(4)5/h6-8,15-16H,1,9-14H2,2-5H3. The number of likely N-dealkylation sites (N-methyl/N-ethyl adjacent to an activating group) is 1. The van der Waals surface area contributed by atoms with E-state index in [1.54, 1.807) is 0 Å². The van der Waals surface area contributed by atoms with Crippen molar-refractivity contribution in [3.63, 3.8) is 0 Å². The highest BCUT2D eigenvalue weighted by atomic mass is 16.1. The fourth-order valence-corrected chi connectivity index (χ4v) is 3.28. The van der Waals surface area contributed by atoms with E-state index in [2.05, 4.69) is 41.1 Å². The lowest BCUT2D eigenvalue weighted by Crippen LogP contribution is -2.30. The molecular formula is C19H31N3O. The minimum Gasteiger partial charge on any atom is -0.378 e. The van der Waals surface area contributed by atoms with E-state index in [1.807, 2.05) is 26.1 Å². The van der Waals surface area contributed by atoms with E-state index in [1.165, 1.54) is 5.69 Å². The topological polar surface area (TPSA) is 28.5 Å². The van der Waals surface area contributed by atoms with Gasteiger partial charge in [-0.05, 0) is 45.3 Å². The van der Waals surface area contributed by atoms with Crippen LogP contribution in [0, 0.1) is 5.92 Å². The fraction of sp³-hybridized carbons (Fsp3) is 0.632. The Morgan fingerprint density at radius 2 is 2.00 bits per heavy atom. The zero-order valence-corrected chi connectivity index (χ0v) is 15.1. The number of hydrogen-bond acceptors (Lipinski definition) is 3. The molecule has 2 rings (SSSR count). The molecule has 1 aliphatic rings. The number of carbonyl (C=O) groups excluding carboxylic acids is 1. The number of hydrogen-bond donors (Lipinski definition) is 0. The zero-order valence-electron chi connectivity index (χ0n) is 15.1. The molecule has 0 amide bonds. The summed E-state index contributed by atoms with van der Waals surface area (Å²) in [7, 11) is 4.16. The summed E-state index contributed by atoms with van der Waals surface area (Å²) in [6.07, 6.45) is 4.20. The second-order valence-electron chi connectivity index (χ2n) is 7.11. The zero-order chi connectivity index (χ0) is 17.0. The van der Waals surface area contributed by atoms with Gasteiger partial charge in [-0.15, -0.1) is 0 Å². The molecule has 1 aromatic rings. The molecule has 1 aliphatic heterocycles. The molecule has 0 atom stereocenters. The van der Waals surface area contributed by atoms with Crippen LogP contribution in [0.25, 0.3) is 0 Å². The van der Waals surface area contributed by atoms with Crippen LogP contribution in [-0.4, -0.2) is 53.9 Å². The van der Waals surface area contributed by atoms with Crippen LogP contribution >= 0.6 is 0 Å². The van der Waals surface area contributed by atoms with Gasteiger partial charge in [-0.25, -0.2) is 0 Å². The van der Waals surface area contributed by atoms with E-state index in [0.29, 0.717) is 5.92 Å². The van der Waals surface area contributed by atoms with Crippen molar-refractivity contribution in [1.82, 2.24) is 14.4 Å². The first kappa shape index (κ1) is 17.8. The highest BCUT2D eigenvalue weighted by Gasteiger charge is 2.25. The summed E-state index contributed by atoms with van der Waals surface area (Å²) in [6, 6.07) is 4.21. The average molecular weight is 317 g/mol. The molecule has 4 nitrogen and oxygen atoms in total. The number of Topliss-reactive ketones (excluding diaryl/α,β-unsaturated/α-hetero) is 1. The fourth-order valence-electron chi connectivity index (χ4n) is 3.28. The summed E-state index contributed by atoms with van der Waals surface area (Å²) in [5.41, 5.74) is 2.21. The van der Waals surface area contributed by atoms with E-state index in [-0.39, 0.29) is 11.7 Å². The Morgan fingerprint density at radius 3 is 2.52 bits per heavy atom. The maximum atomic E-state index is 12.5. The molecule has 0 bridgehead atoms. The van der Waals surface area contributed by atoms with Gasteiger partial charge >= 0.3 is 0 Å². The van der Waals surface area contributed by atoms with Crippen molar-refractivity contribution in [2.45, 2.75) is 39.2 Å². The summed E-state index contributed by atoms with van der Waals surface area (Å²) in [6.45, 7) is 11.8. The van der Waals surface area contributed by atoms with Crippen molar-refractivity contribution in [3.8, 4) is 0 Å². The largest absolute Gasteiger partial charge is 0.378 e. The van der Waals surface area contributed by atoms with Gasteiger partial charge in [0.05, 0.1) is 5.69 Å². The Hall–Kier alpha value is -1.55. The van der Waals surface area contributed by atoms with E-state index in [0.717, 1.165) is 44.7 Å². The van der Waals surface area contributed by atoms with Crippen LogP contribution in [0.1, 0.15) is 48.8 Å². The average Bonchev–Trinajstić information content (AvgIpc) is 2.95. The van der Waals surface area contributed by atoms with Crippen molar-refractivity contribution in [2.24, 2.45) is 5.92 Å². The summed E-state index contributed by atoms with van der Waals surface area (Å²) in [5.74, 6) is 0.832. The molecule has 1 fully saturated rings. The van der Waals surface area contributed by atoms with Gasteiger partial charge in [-0.3, -0.25) is 4.79 Å². The Morgan fingerprint density at radius 1 is 1.35 bits per heavy atom. The minimum atomic E-state index is 0.0402. The van der Waals surface area contributed by atoms with Crippen LogP contribution in [-0.2, 0) is 6.54 Å². The lowest BCUT2D eigenvalue weighted by molar-refractivity contribution is 0.0928. The maximum absolute atomic E-state index is 12.5. The molecule has 0 saturated carbocycles. The monoisotopic (exact) mass is 317 g/mol. The number of nitrogens with zero attached hydrogens (tertiary/aromatic N) is 3. The molecule has 0 radical (unpaired) electrons. The van der Waals surface area contributed by atoms with Crippen LogP contribution in [0.2, 0.25) is 0 Å². The number of ketones is 1. The van der Waals surface area contributed by atoms with Crippen molar-refractivity contribution in [1.29, 1.82) is 0 Å². The van der Waals surface area contributed by atoms with Gasteiger partial charge in [-0.2, -0.15) is 0 Å². The lowest BCUT2D eigenvalue weighted by atomic mass is 9.93. The molecule has 0 N–H and O–H groups in total. The molecule has 4 heteroatoms. The van der Waals surface area contributed by atoms with Crippen molar-refractivity contribution in [3.05, 3.63) is 36.3 Å². The van der Waals surface area contributed by atoms with Crippen molar-refractivity contribution < 1.29 is 4.79 Å². The summed E-state index contributed by atoms with van der Waals surface area (Å²) < 4.78 is 2.27. The van der Waals surface area contributed by atoms with Crippen LogP contribution in [0.15, 0.2) is 24.9 Å². The van der Waals surface area contributed by atoms with Gasteiger partial charge in [0.2, 0.25) is 0 Å². The van der Waals surface area contributed by atoms with Crippen LogP contribution in [0.3, 0.4) is 0 Å². The first-order valence-corrected chi connectivity index (χ1v) is 8.69. The molecule has 1 saturated heterocycles. The van der Waals surface area contributed by atoms with E-state index in [9.17, 15) is 4.79 Å². The van der Waals surface area contributed by atoms with E-state index < -0.39 is 0 Å². The van der Waals surface area contributed by atoms with Gasteiger partial charge in [0.25, 0.3) is 0 Å². The van der Waals surface area contributed by atoms with Gasteiger partial charge in [0, 0.05) is 43.7 Å². The first-order chi connectivity index (χ1) is 10.9. The third-order valence-corrected chi connectivity index (χ3v) is 4.77. The van der Waals surface area contributed by atoms with Gasteiger partial charge < -0.3 is 14.4 Å². The molecule has 1 aromatic heterocycles. The van der Waals surface area contributed by atoms with Crippen LogP contribution in [0.5, 0.6) is 0 Å². The second kappa shape index (κ2) is 7.82. The molecule has 0 aromatic carbocycles. The molecule has 0 spiro atoms. The SMILES string of the molecule is C=CN1CCC(c2ccc(C(=O)C(C)C)n2CCN(C)C)CC1. The molecular weight excluding hydrogens is 286 g/mol. The van der Waals surface area contributed by atoms with Crippen LogP contribution in [0.4, 0.5) is 0 Å². The number of aromatic nitrogens is 1. The summed E-state index contributed by atoms with van der Waals surface area (Å²) in [5, 5.41) is 0. The Bertz CT molecular complexity index is 537.